The SMILES string of the molecule is CCCCCCCC[N+](CC)(CC)c1ccccc1.[OH-]. The molecule has 20 heavy (non-hydrogen) atoms. The van der Waals surface area contributed by atoms with Crippen LogP contribution < -0.4 is 4.48 Å². The molecule has 2 nitrogen and oxygen atoms in total. The molecule has 116 valence electrons. The van der Waals surface area contributed by atoms with E-state index in [4.69, 9.17) is 0 Å². The molecule has 0 aromatic heterocycles. The van der Waals surface area contributed by atoms with Gasteiger partial charge in [-0.1, -0.05) is 50.8 Å². The highest BCUT2D eigenvalue weighted by molar-refractivity contribution is 5.42. The third-order valence-electron chi connectivity index (χ3n) is 4.45. The van der Waals surface area contributed by atoms with Gasteiger partial charge in [0, 0.05) is 0 Å². The van der Waals surface area contributed by atoms with Gasteiger partial charge in [-0.15, -0.1) is 0 Å². The van der Waals surface area contributed by atoms with Gasteiger partial charge in [0.2, 0.25) is 0 Å². The predicted molar refractivity (Wildman–Crippen MR) is 89.5 cm³/mol. The molecule has 0 saturated heterocycles. The highest BCUT2D eigenvalue weighted by Gasteiger charge is 2.25. The van der Waals surface area contributed by atoms with E-state index in [2.05, 4.69) is 51.1 Å². The first kappa shape index (κ1) is 19.1. The van der Waals surface area contributed by atoms with E-state index in [0.717, 1.165) is 4.48 Å². The van der Waals surface area contributed by atoms with Gasteiger partial charge in [-0.3, -0.25) is 4.48 Å². The number of nitrogens with zero attached hydrogens (tertiary/aromatic N) is 1. The van der Waals surface area contributed by atoms with Gasteiger partial charge in [-0.05, 0) is 38.8 Å². The van der Waals surface area contributed by atoms with E-state index in [1.165, 1.54) is 63.8 Å². The van der Waals surface area contributed by atoms with Crippen molar-refractivity contribution < 1.29 is 5.48 Å². The summed E-state index contributed by atoms with van der Waals surface area (Å²) in [4.78, 5) is 0. The quantitative estimate of drug-likeness (QED) is 0.426. The van der Waals surface area contributed by atoms with Gasteiger partial charge in [0.25, 0.3) is 0 Å². The number of para-hydroxylation sites is 1. The molecule has 0 amide bonds. The highest BCUT2D eigenvalue weighted by atomic mass is 16.0. The van der Waals surface area contributed by atoms with Crippen molar-refractivity contribution in [3.05, 3.63) is 30.3 Å². The lowest BCUT2D eigenvalue weighted by molar-refractivity contribution is 0.291. The summed E-state index contributed by atoms with van der Waals surface area (Å²) in [6.45, 7) is 10.6. The maximum atomic E-state index is 2.33. The first-order chi connectivity index (χ1) is 9.29. The van der Waals surface area contributed by atoms with Crippen molar-refractivity contribution in [3.8, 4) is 0 Å². The molecule has 0 unspecified atom stereocenters. The fraction of sp³-hybridized carbons (Fsp3) is 0.667. The summed E-state index contributed by atoms with van der Waals surface area (Å²) in [5, 5.41) is 0. The van der Waals surface area contributed by atoms with E-state index in [0.29, 0.717) is 0 Å². The van der Waals surface area contributed by atoms with Gasteiger partial charge in [0.15, 0.2) is 0 Å². The number of hydrogen-bond donors (Lipinski definition) is 0. The maximum absolute atomic E-state index is 2.33. The Morgan fingerprint density at radius 3 is 1.85 bits per heavy atom. The lowest BCUT2D eigenvalue weighted by Crippen LogP contribution is -2.49. The second-order valence-corrected chi connectivity index (χ2v) is 5.60. The summed E-state index contributed by atoms with van der Waals surface area (Å²) in [6.07, 6.45) is 8.33. The molecule has 0 bridgehead atoms. The first-order valence-corrected chi connectivity index (χ1v) is 8.20. The Labute approximate surface area is 125 Å². The van der Waals surface area contributed by atoms with Crippen LogP contribution in [0.1, 0.15) is 59.3 Å². The van der Waals surface area contributed by atoms with Crippen LogP contribution in [0.2, 0.25) is 0 Å². The van der Waals surface area contributed by atoms with Gasteiger partial charge in [-0.2, -0.15) is 0 Å². The minimum atomic E-state index is 0. The van der Waals surface area contributed by atoms with E-state index in [-0.39, 0.29) is 5.48 Å². The van der Waals surface area contributed by atoms with Crippen LogP contribution >= 0.6 is 0 Å². The predicted octanol–water partition coefficient (Wildman–Crippen LogP) is 5.22. The summed E-state index contributed by atoms with van der Waals surface area (Å²) in [5.41, 5.74) is 1.49. The minimum absolute atomic E-state index is 0. The Hall–Kier alpha value is -0.860. The van der Waals surface area contributed by atoms with Gasteiger partial charge >= 0.3 is 0 Å². The molecular formula is C18H33NO. The highest BCUT2D eigenvalue weighted by Crippen LogP contribution is 2.23. The molecule has 0 atom stereocenters. The topological polar surface area (TPSA) is 30.0 Å². The van der Waals surface area contributed by atoms with Crippen LogP contribution in [0.15, 0.2) is 30.3 Å². The average molecular weight is 279 g/mol. The van der Waals surface area contributed by atoms with Crippen LogP contribution in [0, 0.1) is 0 Å². The van der Waals surface area contributed by atoms with E-state index in [1.807, 2.05) is 0 Å². The van der Waals surface area contributed by atoms with Crippen molar-refractivity contribution in [2.75, 3.05) is 19.6 Å². The summed E-state index contributed by atoms with van der Waals surface area (Å²) < 4.78 is 1.15. The lowest BCUT2D eigenvalue weighted by Gasteiger charge is -2.36. The standard InChI is InChI=1S/C18H32N.H2O/c1-4-7-8-9-10-14-17-19(5-2,6-3)18-15-12-11-13-16-18;/h11-13,15-16H,4-10,14,17H2,1-3H3;1H2/q+1;/p-1. The average Bonchev–Trinajstić information content (AvgIpc) is 2.48. The van der Waals surface area contributed by atoms with Crippen molar-refractivity contribution >= 4 is 5.69 Å². The molecule has 2 heteroatoms. The van der Waals surface area contributed by atoms with E-state index >= 15 is 0 Å². The van der Waals surface area contributed by atoms with Crippen molar-refractivity contribution in [2.24, 2.45) is 0 Å². The van der Waals surface area contributed by atoms with Crippen LogP contribution in [0.5, 0.6) is 0 Å². The van der Waals surface area contributed by atoms with Crippen molar-refractivity contribution in [1.29, 1.82) is 0 Å². The normalized spacial score (nSPS) is 11.2. The summed E-state index contributed by atoms with van der Waals surface area (Å²) in [6, 6.07) is 11.1. The number of hydrogen-bond acceptors (Lipinski definition) is 1. The molecule has 1 aromatic rings. The third-order valence-corrected chi connectivity index (χ3v) is 4.45. The van der Waals surface area contributed by atoms with E-state index < -0.39 is 0 Å². The molecule has 0 radical (unpaired) electrons. The molecule has 0 saturated carbocycles. The zero-order chi connectivity index (χ0) is 14.0. The van der Waals surface area contributed by atoms with Crippen LogP contribution in [0.4, 0.5) is 5.69 Å². The van der Waals surface area contributed by atoms with Crippen LogP contribution in [-0.2, 0) is 0 Å². The van der Waals surface area contributed by atoms with Crippen LogP contribution in [0.3, 0.4) is 0 Å². The molecule has 0 fully saturated rings. The number of unbranched alkanes of at least 4 members (excludes halogenated alkanes) is 5. The molecule has 0 aliphatic heterocycles. The second-order valence-electron chi connectivity index (χ2n) is 5.60. The molecule has 1 N–H and O–H groups in total. The van der Waals surface area contributed by atoms with Crippen molar-refractivity contribution in [2.45, 2.75) is 59.3 Å². The Bertz CT molecular complexity index is 319. The maximum Gasteiger partial charge on any atom is 0.132 e. The number of rotatable bonds is 10. The van der Waals surface area contributed by atoms with Gasteiger partial charge in [0.1, 0.15) is 5.69 Å². The number of quaternary nitrogens is 1. The van der Waals surface area contributed by atoms with E-state index in [1.54, 1.807) is 0 Å². The molecule has 0 aliphatic carbocycles. The fourth-order valence-electron chi connectivity index (χ4n) is 2.97. The smallest absolute Gasteiger partial charge is 0.132 e. The second kappa shape index (κ2) is 10.9. The Kier molecular flexibility index (Phi) is 10.4. The first-order valence-electron chi connectivity index (χ1n) is 8.20. The monoisotopic (exact) mass is 279 g/mol. The van der Waals surface area contributed by atoms with Crippen LogP contribution in [0.25, 0.3) is 0 Å². The third kappa shape index (κ3) is 5.64. The summed E-state index contributed by atoms with van der Waals surface area (Å²) in [7, 11) is 0. The summed E-state index contributed by atoms with van der Waals surface area (Å²) >= 11 is 0. The van der Waals surface area contributed by atoms with Gasteiger partial charge in [-0.25, -0.2) is 0 Å². The molecule has 0 aliphatic rings. The molecule has 0 heterocycles. The Balaban J connectivity index is 0.00000361. The molecule has 1 aromatic carbocycles. The zero-order valence-electron chi connectivity index (χ0n) is 13.6. The number of benzene rings is 1. The van der Waals surface area contributed by atoms with Gasteiger partial charge in [0.05, 0.1) is 19.6 Å². The Morgan fingerprint density at radius 1 is 0.750 bits per heavy atom. The zero-order valence-corrected chi connectivity index (χ0v) is 13.6. The largest absolute Gasteiger partial charge is 0.870 e. The lowest BCUT2D eigenvalue weighted by atomic mass is 10.1. The van der Waals surface area contributed by atoms with Gasteiger partial charge < -0.3 is 5.48 Å². The van der Waals surface area contributed by atoms with Crippen molar-refractivity contribution in [1.82, 2.24) is 4.48 Å². The Morgan fingerprint density at radius 2 is 1.30 bits per heavy atom. The van der Waals surface area contributed by atoms with E-state index in [9.17, 15) is 0 Å². The molecular weight excluding hydrogens is 246 g/mol. The molecule has 1 rings (SSSR count). The van der Waals surface area contributed by atoms with Crippen LogP contribution in [-0.4, -0.2) is 25.1 Å². The fourth-order valence-corrected chi connectivity index (χ4v) is 2.97. The van der Waals surface area contributed by atoms with Crippen molar-refractivity contribution in [3.63, 3.8) is 0 Å². The summed E-state index contributed by atoms with van der Waals surface area (Å²) in [5.74, 6) is 0. The minimum Gasteiger partial charge on any atom is -0.870 e. The molecule has 0 spiro atoms.